The van der Waals surface area contributed by atoms with Crippen molar-refractivity contribution in [1.82, 2.24) is 4.98 Å². The maximum atomic E-state index is 5.29. The molecular formula is C31H36N2. The fourth-order valence-electron chi connectivity index (χ4n) is 6.35. The Bertz CT molecular complexity index is 1410. The molecule has 0 bridgehead atoms. The topological polar surface area (TPSA) is 24.9 Å². The standard InChI is InChI=1S/C31H36N2/c1-9-30(7)24-15-14-22(25-19(4)12-11-13-20(25)5)26-23-17-18(3)16-21(6)28(23)32-29(27(24)26)33-31(30,8)10-2/h11-17H,9-10H2,1-8H3,(H,32,33)/t30?,31-/m1/s1. The van der Waals surface area contributed by atoms with E-state index in [4.69, 9.17) is 4.98 Å². The molecule has 1 aliphatic heterocycles. The van der Waals surface area contributed by atoms with Crippen molar-refractivity contribution < 1.29 is 0 Å². The summed E-state index contributed by atoms with van der Waals surface area (Å²) in [6.45, 7) is 18.3. The Morgan fingerprint density at radius 1 is 0.818 bits per heavy atom. The van der Waals surface area contributed by atoms with Crippen LogP contribution in [-0.4, -0.2) is 10.5 Å². The van der Waals surface area contributed by atoms with Gasteiger partial charge < -0.3 is 5.32 Å². The highest BCUT2D eigenvalue weighted by molar-refractivity contribution is 6.19. The van der Waals surface area contributed by atoms with E-state index in [-0.39, 0.29) is 11.0 Å². The van der Waals surface area contributed by atoms with Gasteiger partial charge >= 0.3 is 0 Å². The van der Waals surface area contributed by atoms with Gasteiger partial charge in [-0.05, 0) is 86.9 Å². The molecule has 2 heteroatoms. The summed E-state index contributed by atoms with van der Waals surface area (Å²) in [6.07, 6.45) is 2.12. The summed E-state index contributed by atoms with van der Waals surface area (Å²) in [6, 6.07) is 16.0. The molecule has 1 N–H and O–H groups in total. The van der Waals surface area contributed by atoms with E-state index >= 15 is 0 Å². The third kappa shape index (κ3) is 2.89. The Hall–Kier alpha value is -2.87. The molecule has 5 rings (SSSR count). The summed E-state index contributed by atoms with van der Waals surface area (Å²) in [5.41, 5.74) is 10.3. The van der Waals surface area contributed by atoms with Gasteiger partial charge in [0.15, 0.2) is 0 Å². The van der Waals surface area contributed by atoms with E-state index in [1.807, 2.05) is 0 Å². The number of anilines is 1. The molecule has 1 aromatic heterocycles. The minimum Gasteiger partial charge on any atom is -0.363 e. The minimum absolute atomic E-state index is 0.0144. The van der Waals surface area contributed by atoms with Crippen LogP contribution in [0.3, 0.4) is 0 Å². The molecule has 170 valence electrons. The Balaban J connectivity index is 2.05. The first-order chi connectivity index (χ1) is 15.6. The van der Waals surface area contributed by atoms with Crippen molar-refractivity contribution in [1.29, 1.82) is 0 Å². The van der Waals surface area contributed by atoms with Crippen molar-refractivity contribution in [2.45, 2.75) is 79.2 Å². The lowest BCUT2D eigenvalue weighted by Crippen LogP contribution is -2.54. The van der Waals surface area contributed by atoms with Crippen molar-refractivity contribution >= 4 is 27.5 Å². The quantitative estimate of drug-likeness (QED) is 0.325. The third-order valence-corrected chi connectivity index (χ3v) is 8.75. The Morgan fingerprint density at radius 3 is 2.15 bits per heavy atom. The number of pyridine rings is 1. The van der Waals surface area contributed by atoms with E-state index in [1.54, 1.807) is 0 Å². The van der Waals surface area contributed by atoms with E-state index < -0.39 is 0 Å². The summed E-state index contributed by atoms with van der Waals surface area (Å²) in [5.74, 6) is 1.04. The van der Waals surface area contributed by atoms with Gasteiger partial charge in [0.1, 0.15) is 5.82 Å². The average Bonchev–Trinajstić information content (AvgIpc) is 2.78. The monoisotopic (exact) mass is 436 g/mol. The van der Waals surface area contributed by atoms with Crippen molar-refractivity contribution in [2.75, 3.05) is 5.32 Å². The molecule has 3 aromatic carbocycles. The van der Waals surface area contributed by atoms with Gasteiger partial charge in [0.05, 0.1) is 5.52 Å². The molecule has 0 spiro atoms. The largest absolute Gasteiger partial charge is 0.363 e. The molecule has 0 amide bonds. The molecule has 0 aliphatic carbocycles. The van der Waals surface area contributed by atoms with Crippen LogP contribution in [-0.2, 0) is 5.41 Å². The smallest absolute Gasteiger partial charge is 0.135 e. The lowest BCUT2D eigenvalue weighted by Gasteiger charge is -2.51. The van der Waals surface area contributed by atoms with Gasteiger partial charge in [0.25, 0.3) is 0 Å². The third-order valence-electron chi connectivity index (χ3n) is 8.75. The molecular weight excluding hydrogens is 400 g/mol. The first kappa shape index (κ1) is 21.9. The fourth-order valence-corrected chi connectivity index (χ4v) is 6.35. The van der Waals surface area contributed by atoms with E-state index in [1.165, 1.54) is 55.1 Å². The summed E-state index contributed by atoms with van der Waals surface area (Å²) in [4.78, 5) is 5.29. The second kappa shape index (κ2) is 7.32. The van der Waals surface area contributed by atoms with Crippen LogP contribution < -0.4 is 5.32 Å². The number of rotatable bonds is 3. The summed E-state index contributed by atoms with van der Waals surface area (Å²) in [5, 5.41) is 7.89. The van der Waals surface area contributed by atoms with Gasteiger partial charge in [-0.15, -0.1) is 0 Å². The molecule has 0 saturated heterocycles. The molecule has 2 nitrogen and oxygen atoms in total. The Labute approximate surface area is 198 Å². The van der Waals surface area contributed by atoms with Crippen molar-refractivity contribution in [3.63, 3.8) is 0 Å². The van der Waals surface area contributed by atoms with Crippen molar-refractivity contribution in [3.05, 3.63) is 70.3 Å². The van der Waals surface area contributed by atoms with Gasteiger partial charge in [-0.2, -0.15) is 0 Å². The molecule has 4 aromatic rings. The highest BCUT2D eigenvalue weighted by Crippen LogP contribution is 2.53. The van der Waals surface area contributed by atoms with E-state index in [0.29, 0.717) is 0 Å². The van der Waals surface area contributed by atoms with E-state index in [9.17, 15) is 0 Å². The highest BCUT2D eigenvalue weighted by Gasteiger charge is 2.48. The first-order valence-corrected chi connectivity index (χ1v) is 12.4. The van der Waals surface area contributed by atoms with E-state index in [2.05, 4.69) is 103 Å². The van der Waals surface area contributed by atoms with Gasteiger partial charge in [-0.3, -0.25) is 0 Å². The zero-order valence-electron chi connectivity index (χ0n) is 21.4. The number of hydrogen-bond donors (Lipinski definition) is 1. The zero-order valence-corrected chi connectivity index (χ0v) is 21.4. The molecule has 0 radical (unpaired) electrons. The number of aryl methyl sites for hydroxylation is 4. The van der Waals surface area contributed by atoms with Crippen LogP contribution in [0.1, 0.15) is 68.4 Å². The normalized spacial score (nSPS) is 22.1. The van der Waals surface area contributed by atoms with E-state index in [0.717, 1.165) is 24.2 Å². The van der Waals surface area contributed by atoms with Crippen molar-refractivity contribution in [2.24, 2.45) is 0 Å². The maximum Gasteiger partial charge on any atom is 0.135 e. The Kier molecular flexibility index (Phi) is 4.87. The molecule has 2 atom stereocenters. The second-order valence-electron chi connectivity index (χ2n) is 10.6. The minimum atomic E-state index is -0.0545. The number of nitrogens with zero attached hydrogens (tertiary/aromatic N) is 1. The molecule has 0 saturated carbocycles. The SMILES string of the molecule is CCC1(C)c2ccc(-c3c(C)cccc3C)c3c2c(nc2c(C)cc(C)cc23)N[C@]1(C)CC. The first-order valence-electron chi connectivity index (χ1n) is 12.4. The van der Waals surface area contributed by atoms with Crippen LogP contribution in [0.2, 0.25) is 0 Å². The van der Waals surface area contributed by atoms with Gasteiger partial charge in [-0.1, -0.05) is 62.7 Å². The number of hydrogen-bond acceptors (Lipinski definition) is 2. The number of aromatic nitrogens is 1. The summed E-state index contributed by atoms with van der Waals surface area (Å²) < 4.78 is 0. The van der Waals surface area contributed by atoms with Crippen LogP contribution in [0.5, 0.6) is 0 Å². The van der Waals surface area contributed by atoms with Crippen LogP contribution >= 0.6 is 0 Å². The highest BCUT2D eigenvalue weighted by atomic mass is 15.1. The van der Waals surface area contributed by atoms with Crippen LogP contribution in [0.15, 0.2) is 42.5 Å². The Morgan fingerprint density at radius 2 is 1.52 bits per heavy atom. The lowest BCUT2D eigenvalue weighted by molar-refractivity contribution is 0.262. The number of benzene rings is 3. The molecule has 0 fully saturated rings. The average molecular weight is 437 g/mol. The lowest BCUT2D eigenvalue weighted by atomic mass is 9.61. The molecule has 1 unspecified atom stereocenters. The summed E-state index contributed by atoms with van der Waals surface area (Å²) in [7, 11) is 0. The zero-order chi connectivity index (χ0) is 23.7. The summed E-state index contributed by atoms with van der Waals surface area (Å²) >= 11 is 0. The predicted molar refractivity (Wildman–Crippen MR) is 144 cm³/mol. The van der Waals surface area contributed by atoms with Gasteiger partial charge in [0, 0.05) is 27.1 Å². The van der Waals surface area contributed by atoms with Gasteiger partial charge in [-0.25, -0.2) is 4.98 Å². The molecule has 2 heterocycles. The second-order valence-corrected chi connectivity index (χ2v) is 10.6. The van der Waals surface area contributed by atoms with Gasteiger partial charge in [0.2, 0.25) is 0 Å². The molecule has 33 heavy (non-hydrogen) atoms. The van der Waals surface area contributed by atoms with Crippen LogP contribution in [0.4, 0.5) is 5.82 Å². The fraction of sp³-hybridized carbons (Fsp3) is 0.387. The predicted octanol–water partition coefficient (Wildman–Crippen LogP) is 8.55. The maximum absolute atomic E-state index is 5.29. The number of fused-ring (bicyclic) bond motifs is 2. The van der Waals surface area contributed by atoms with Crippen molar-refractivity contribution in [3.8, 4) is 11.1 Å². The van der Waals surface area contributed by atoms with Crippen LogP contribution in [0, 0.1) is 27.7 Å². The number of nitrogens with one attached hydrogen (secondary N) is 1. The molecule has 1 aliphatic rings. The van der Waals surface area contributed by atoms with Crippen LogP contribution in [0.25, 0.3) is 32.8 Å².